The SMILES string of the molecule is CCOc1ccc(CCCS)c(OCC)c1OCC. The van der Waals surface area contributed by atoms with Gasteiger partial charge in [0.1, 0.15) is 0 Å². The smallest absolute Gasteiger partial charge is 0.203 e. The van der Waals surface area contributed by atoms with Crippen molar-refractivity contribution >= 4 is 12.6 Å². The van der Waals surface area contributed by atoms with E-state index in [9.17, 15) is 0 Å². The van der Waals surface area contributed by atoms with E-state index in [1.165, 1.54) is 0 Å². The molecule has 0 bridgehead atoms. The third kappa shape index (κ3) is 4.53. The Kier molecular flexibility index (Phi) is 7.56. The van der Waals surface area contributed by atoms with Crippen molar-refractivity contribution in [3.05, 3.63) is 17.7 Å². The van der Waals surface area contributed by atoms with Gasteiger partial charge in [0.05, 0.1) is 19.8 Å². The molecular formula is C15H24O3S. The molecule has 0 N–H and O–H groups in total. The Morgan fingerprint density at radius 2 is 1.53 bits per heavy atom. The van der Waals surface area contributed by atoms with Crippen LogP contribution >= 0.6 is 12.6 Å². The van der Waals surface area contributed by atoms with E-state index >= 15 is 0 Å². The lowest BCUT2D eigenvalue weighted by molar-refractivity contribution is 0.259. The molecule has 0 amide bonds. The maximum atomic E-state index is 5.77. The molecule has 4 heteroatoms. The molecule has 1 aromatic rings. The lowest BCUT2D eigenvalue weighted by Crippen LogP contribution is -2.05. The Morgan fingerprint density at radius 1 is 0.895 bits per heavy atom. The lowest BCUT2D eigenvalue weighted by atomic mass is 10.1. The van der Waals surface area contributed by atoms with E-state index in [-0.39, 0.29) is 0 Å². The van der Waals surface area contributed by atoms with E-state index < -0.39 is 0 Å². The first-order chi connectivity index (χ1) is 9.28. The Hall–Kier alpha value is -1.03. The lowest BCUT2D eigenvalue weighted by Gasteiger charge is -2.18. The van der Waals surface area contributed by atoms with Crippen molar-refractivity contribution in [2.24, 2.45) is 0 Å². The molecule has 1 aromatic carbocycles. The molecule has 0 fully saturated rings. The van der Waals surface area contributed by atoms with Crippen LogP contribution in [0.25, 0.3) is 0 Å². The van der Waals surface area contributed by atoms with Crippen LogP contribution in [-0.2, 0) is 6.42 Å². The monoisotopic (exact) mass is 284 g/mol. The molecule has 0 aliphatic heterocycles. The fourth-order valence-corrected chi connectivity index (χ4v) is 2.06. The van der Waals surface area contributed by atoms with Crippen molar-refractivity contribution in [1.29, 1.82) is 0 Å². The summed E-state index contributed by atoms with van der Waals surface area (Å²) in [6.45, 7) is 7.73. The van der Waals surface area contributed by atoms with Gasteiger partial charge in [-0.3, -0.25) is 0 Å². The van der Waals surface area contributed by atoms with Gasteiger partial charge in [0.25, 0.3) is 0 Å². The van der Waals surface area contributed by atoms with Gasteiger partial charge in [-0.25, -0.2) is 0 Å². The van der Waals surface area contributed by atoms with Crippen molar-refractivity contribution in [1.82, 2.24) is 0 Å². The Bertz CT molecular complexity index is 380. The molecule has 0 saturated carbocycles. The third-order valence-corrected chi connectivity index (χ3v) is 2.96. The van der Waals surface area contributed by atoms with Gasteiger partial charge in [-0.15, -0.1) is 0 Å². The molecule has 0 unspecified atom stereocenters. The molecule has 108 valence electrons. The summed E-state index contributed by atoms with van der Waals surface area (Å²) in [6.07, 6.45) is 1.95. The van der Waals surface area contributed by atoms with Gasteiger partial charge >= 0.3 is 0 Å². The molecule has 0 atom stereocenters. The van der Waals surface area contributed by atoms with Crippen molar-refractivity contribution in [3.63, 3.8) is 0 Å². The van der Waals surface area contributed by atoms with Crippen LogP contribution < -0.4 is 14.2 Å². The first-order valence-electron chi connectivity index (χ1n) is 6.93. The second-order valence-corrected chi connectivity index (χ2v) is 4.45. The molecule has 0 aliphatic rings. The van der Waals surface area contributed by atoms with Crippen LogP contribution in [0.15, 0.2) is 12.1 Å². The summed E-state index contributed by atoms with van der Waals surface area (Å²) in [5.41, 5.74) is 1.16. The fourth-order valence-electron chi connectivity index (χ4n) is 1.90. The average Bonchev–Trinajstić information content (AvgIpc) is 2.42. The molecule has 0 aromatic heterocycles. The molecule has 3 nitrogen and oxygen atoms in total. The van der Waals surface area contributed by atoms with Crippen LogP contribution in [0.1, 0.15) is 32.8 Å². The second-order valence-electron chi connectivity index (χ2n) is 4.01. The summed E-state index contributed by atoms with van der Waals surface area (Å²) in [7, 11) is 0. The standard InChI is InChI=1S/C15H24O3S/c1-4-16-13-10-9-12(8-7-11-19)14(17-5-2)15(13)18-6-3/h9-10,19H,4-8,11H2,1-3H3. The summed E-state index contributed by atoms with van der Waals surface area (Å²) in [5.74, 6) is 3.16. The highest BCUT2D eigenvalue weighted by molar-refractivity contribution is 7.80. The summed E-state index contributed by atoms with van der Waals surface area (Å²) < 4.78 is 17.1. The number of ether oxygens (including phenoxy) is 3. The largest absolute Gasteiger partial charge is 0.490 e. The van der Waals surface area contributed by atoms with Gasteiger partial charge in [0.2, 0.25) is 5.75 Å². The number of hydrogen-bond acceptors (Lipinski definition) is 4. The summed E-state index contributed by atoms with van der Waals surface area (Å²) in [4.78, 5) is 0. The molecule has 1 rings (SSSR count). The van der Waals surface area contributed by atoms with Crippen LogP contribution in [0.4, 0.5) is 0 Å². The highest BCUT2D eigenvalue weighted by atomic mass is 32.1. The molecular weight excluding hydrogens is 260 g/mol. The first-order valence-corrected chi connectivity index (χ1v) is 7.56. The summed E-state index contributed by atoms with van der Waals surface area (Å²) in [5, 5.41) is 0. The van der Waals surface area contributed by atoms with Gasteiger partial charge in [0, 0.05) is 0 Å². The van der Waals surface area contributed by atoms with Gasteiger partial charge in [-0.2, -0.15) is 12.6 Å². The van der Waals surface area contributed by atoms with Crippen molar-refractivity contribution in [2.75, 3.05) is 25.6 Å². The zero-order valence-electron chi connectivity index (χ0n) is 12.1. The number of benzene rings is 1. The van der Waals surface area contributed by atoms with E-state index in [0.29, 0.717) is 19.8 Å². The van der Waals surface area contributed by atoms with Crippen LogP contribution in [0.3, 0.4) is 0 Å². The molecule has 0 saturated heterocycles. The quantitative estimate of drug-likeness (QED) is 0.700. The van der Waals surface area contributed by atoms with E-state index in [4.69, 9.17) is 14.2 Å². The van der Waals surface area contributed by atoms with Gasteiger partial charge in [-0.05, 0) is 51.0 Å². The normalized spacial score (nSPS) is 10.3. The second kappa shape index (κ2) is 8.97. The average molecular weight is 284 g/mol. The molecule has 19 heavy (non-hydrogen) atoms. The van der Waals surface area contributed by atoms with E-state index in [1.807, 2.05) is 26.8 Å². The molecule has 0 heterocycles. The summed E-state index contributed by atoms with van der Waals surface area (Å²) >= 11 is 4.26. The first kappa shape index (κ1) is 16.0. The van der Waals surface area contributed by atoms with Crippen molar-refractivity contribution in [3.8, 4) is 17.2 Å². The Morgan fingerprint density at radius 3 is 2.11 bits per heavy atom. The van der Waals surface area contributed by atoms with Crippen LogP contribution in [0.5, 0.6) is 17.2 Å². The molecule has 0 radical (unpaired) electrons. The maximum absolute atomic E-state index is 5.77. The van der Waals surface area contributed by atoms with E-state index in [0.717, 1.165) is 41.4 Å². The molecule has 0 spiro atoms. The zero-order chi connectivity index (χ0) is 14.1. The van der Waals surface area contributed by atoms with Crippen molar-refractivity contribution in [2.45, 2.75) is 33.6 Å². The highest BCUT2D eigenvalue weighted by Gasteiger charge is 2.16. The number of hydrogen-bond donors (Lipinski definition) is 1. The molecule has 0 aliphatic carbocycles. The minimum Gasteiger partial charge on any atom is -0.490 e. The van der Waals surface area contributed by atoms with Crippen LogP contribution in [0, 0.1) is 0 Å². The third-order valence-electron chi connectivity index (χ3n) is 2.64. The predicted octanol–water partition coefficient (Wildman–Crippen LogP) is 3.75. The topological polar surface area (TPSA) is 27.7 Å². The van der Waals surface area contributed by atoms with Gasteiger partial charge in [-0.1, -0.05) is 6.07 Å². The predicted molar refractivity (Wildman–Crippen MR) is 82.1 cm³/mol. The number of thiol groups is 1. The highest BCUT2D eigenvalue weighted by Crippen LogP contribution is 2.41. The number of aryl methyl sites for hydroxylation is 1. The van der Waals surface area contributed by atoms with E-state index in [1.54, 1.807) is 0 Å². The summed E-state index contributed by atoms with van der Waals surface area (Å²) in [6, 6.07) is 4.02. The van der Waals surface area contributed by atoms with Crippen molar-refractivity contribution < 1.29 is 14.2 Å². The van der Waals surface area contributed by atoms with Crippen LogP contribution in [0.2, 0.25) is 0 Å². The minimum atomic E-state index is 0.593. The van der Waals surface area contributed by atoms with E-state index in [2.05, 4.69) is 18.7 Å². The van der Waals surface area contributed by atoms with Gasteiger partial charge in [0.15, 0.2) is 11.5 Å². The minimum absolute atomic E-state index is 0.593. The number of rotatable bonds is 9. The van der Waals surface area contributed by atoms with Gasteiger partial charge < -0.3 is 14.2 Å². The Labute approximate surface area is 121 Å². The zero-order valence-corrected chi connectivity index (χ0v) is 13.0. The Balaban J connectivity index is 3.14. The maximum Gasteiger partial charge on any atom is 0.203 e. The van der Waals surface area contributed by atoms with Crippen LogP contribution in [-0.4, -0.2) is 25.6 Å². The fraction of sp³-hybridized carbons (Fsp3) is 0.600.